The Morgan fingerprint density at radius 2 is 2.00 bits per heavy atom. The highest BCUT2D eigenvalue weighted by Gasteiger charge is 2.27. The number of halogens is 2. The lowest BCUT2D eigenvalue weighted by Gasteiger charge is -2.26. The van der Waals surface area contributed by atoms with Crippen LogP contribution >= 0.6 is 11.6 Å². The number of hydrogen-bond donors (Lipinski definition) is 3. The van der Waals surface area contributed by atoms with Gasteiger partial charge in [0.15, 0.2) is 0 Å². The first-order valence-corrected chi connectivity index (χ1v) is 11.2. The quantitative estimate of drug-likeness (QED) is 0.555. The molecule has 7 nitrogen and oxygen atoms in total. The average Bonchev–Trinajstić information content (AvgIpc) is 3.05. The average molecular weight is 476 g/mol. The summed E-state index contributed by atoms with van der Waals surface area (Å²) in [5.74, 6) is 3.60. The molecule has 176 valence electrons. The molecule has 0 aliphatic heterocycles. The predicted molar refractivity (Wildman–Crippen MR) is 121 cm³/mol. The summed E-state index contributed by atoms with van der Waals surface area (Å²) in [5, 5.41) is 22.0. The van der Waals surface area contributed by atoms with Gasteiger partial charge in [0.05, 0.1) is 12.5 Å². The molecule has 0 unspecified atom stereocenters. The van der Waals surface area contributed by atoms with E-state index >= 15 is 0 Å². The zero-order valence-corrected chi connectivity index (χ0v) is 19.3. The number of carboxylic acids is 1. The molecule has 0 radical (unpaired) electrons. The van der Waals surface area contributed by atoms with Gasteiger partial charge in [-0.05, 0) is 80.7 Å². The maximum absolute atomic E-state index is 13.7. The minimum atomic E-state index is -1.30. The lowest BCUT2D eigenvalue weighted by Crippen LogP contribution is -2.34. The van der Waals surface area contributed by atoms with Gasteiger partial charge in [-0.1, -0.05) is 18.1 Å². The molecule has 0 bridgehead atoms. The van der Waals surface area contributed by atoms with Gasteiger partial charge in [0.25, 0.3) is 5.91 Å². The van der Waals surface area contributed by atoms with Gasteiger partial charge in [0.2, 0.25) is 5.28 Å². The van der Waals surface area contributed by atoms with Crippen LogP contribution in [-0.4, -0.2) is 43.8 Å². The molecule has 1 fully saturated rings. The molecule has 0 atom stereocenters. The highest BCUT2D eigenvalue weighted by atomic mass is 35.5. The van der Waals surface area contributed by atoms with Crippen molar-refractivity contribution in [3.8, 4) is 11.8 Å². The van der Waals surface area contributed by atoms with E-state index in [1.165, 1.54) is 30.5 Å². The molecule has 3 N–H and O–H groups in total. The van der Waals surface area contributed by atoms with E-state index in [0.717, 1.165) is 0 Å². The van der Waals surface area contributed by atoms with Crippen LogP contribution in [0.3, 0.4) is 0 Å². The van der Waals surface area contributed by atoms with Gasteiger partial charge >= 0.3 is 5.97 Å². The van der Waals surface area contributed by atoms with Gasteiger partial charge in [-0.25, -0.2) is 9.37 Å². The monoisotopic (exact) mass is 475 g/mol. The number of benzene rings is 1. The fraction of sp³-hybridized carbons (Fsp3) is 0.458. The summed E-state index contributed by atoms with van der Waals surface area (Å²) in [4.78, 5) is 28.5. The van der Waals surface area contributed by atoms with Gasteiger partial charge in [-0.3, -0.25) is 9.59 Å². The Kier molecular flexibility index (Phi) is 7.77. The van der Waals surface area contributed by atoms with Crippen molar-refractivity contribution < 1.29 is 24.2 Å². The van der Waals surface area contributed by atoms with Crippen molar-refractivity contribution in [2.24, 2.45) is 11.8 Å². The van der Waals surface area contributed by atoms with Crippen LogP contribution in [0.1, 0.15) is 61.3 Å². The van der Waals surface area contributed by atoms with Crippen LogP contribution in [0.15, 0.2) is 24.3 Å². The number of aromatic nitrogens is 2. The highest BCUT2D eigenvalue weighted by Crippen LogP contribution is 2.28. The maximum Gasteiger partial charge on any atom is 0.306 e. The number of carboxylic acid groups (broad SMARTS) is 1. The second kappa shape index (κ2) is 10.4. The summed E-state index contributed by atoms with van der Waals surface area (Å²) in [5.41, 5.74) is -0.460. The van der Waals surface area contributed by atoms with Crippen LogP contribution in [0.5, 0.6) is 0 Å². The van der Waals surface area contributed by atoms with Crippen molar-refractivity contribution in [2.45, 2.75) is 51.7 Å². The topological polar surface area (TPSA) is 104 Å². The van der Waals surface area contributed by atoms with E-state index in [9.17, 15) is 19.1 Å². The Bertz CT molecular complexity index is 1090. The lowest BCUT2D eigenvalue weighted by atomic mass is 9.82. The molecule has 33 heavy (non-hydrogen) atoms. The Labute approximate surface area is 197 Å². The van der Waals surface area contributed by atoms with Crippen molar-refractivity contribution in [3.63, 3.8) is 0 Å². The number of imidazole rings is 1. The molecular weight excluding hydrogens is 449 g/mol. The Morgan fingerprint density at radius 1 is 1.30 bits per heavy atom. The maximum atomic E-state index is 13.7. The molecule has 1 aliphatic rings. The third-order valence-electron chi connectivity index (χ3n) is 5.60. The second-order valence-electron chi connectivity index (χ2n) is 8.87. The molecule has 1 aromatic heterocycles. The number of hydrogen-bond acceptors (Lipinski definition) is 4. The Balaban J connectivity index is 1.83. The summed E-state index contributed by atoms with van der Waals surface area (Å²) in [6.07, 6.45) is 2.60. The van der Waals surface area contributed by atoms with Crippen molar-refractivity contribution in [1.29, 1.82) is 0 Å². The number of carbonyl (C=O) groups is 2. The van der Waals surface area contributed by atoms with Gasteiger partial charge < -0.3 is 20.1 Å². The summed E-state index contributed by atoms with van der Waals surface area (Å²) in [6, 6.07) is 5.95. The molecule has 1 saturated carbocycles. The molecule has 1 aliphatic carbocycles. The van der Waals surface area contributed by atoms with Gasteiger partial charge in [-0.2, -0.15) is 0 Å². The number of nitrogens with one attached hydrogen (secondary N) is 1. The summed E-state index contributed by atoms with van der Waals surface area (Å²) >= 11 is 6.32. The zero-order valence-electron chi connectivity index (χ0n) is 18.6. The van der Waals surface area contributed by atoms with Crippen LogP contribution in [0, 0.1) is 29.5 Å². The first-order valence-electron chi connectivity index (χ1n) is 10.8. The largest absolute Gasteiger partial charge is 0.481 e. The molecule has 0 spiro atoms. The Morgan fingerprint density at radius 3 is 2.61 bits per heavy atom. The lowest BCUT2D eigenvalue weighted by molar-refractivity contribution is -0.143. The van der Waals surface area contributed by atoms with Crippen LogP contribution in [0.4, 0.5) is 4.39 Å². The van der Waals surface area contributed by atoms with Crippen molar-refractivity contribution >= 4 is 23.5 Å². The van der Waals surface area contributed by atoms with Crippen molar-refractivity contribution in [3.05, 3.63) is 52.3 Å². The third kappa shape index (κ3) is 6.80. The van der Waals surface area contributed by atoms with E-state index in [4.69, 9.17) is 16.7 Å². The third-order valence-corrected chi connectivity index (χ3v) is 5.89. The van der Waals surface area contributed by atoms with E-state index in [2.05, 4.69) is 22.1 Å². The first-order chi connectivity index (χ1) is 15.5. The van der Waals surface area contributed by atoms with E-state index in [1.54, 1.807) is 12.1 Å². The molecular formula is C24H27ClFN3O4. The number of amides is 1. The second-order valence-corrected chi connectivity index (χ2v) is 9.21. The van der Waals surface area contributed by atoms with Crippen LogP contribution in [-0.2, 0) is 11.3 Å². The van der Waals surface area contributed by atoms with Gasteiger partial charge in [0, 0.05) is 6.54 Å². The predicted octanol–water partition coefficient (Wildman–Crippen LogP) is 3.47. The van der Waals surface area contributed by atoms with E-state index in [-0.39, 0.29) is 35.1 Å². The summed E-state index contributed by atoms with van der Waals surface area (Å²) in [7, 11) is 0. The van der Waals surface area contributed by atoms with E-state index in [1.807, 2.05) is 0 Å². The van der Waals surface area contributed by atoms with Gasteiger partial charge in [-0.15, -0.1) is 0 Å². The van der Waals surface area contributed by atoms with Gasteiger partial charge in [0.1, 0.15) is 22.8 Å². The van der Waals surface area contributed by atoms with E-state index < -0.39 is 23.3 Å². The fourth-order valence-corrected chi connectivity index (χ4v) is 4.08. The molecule has 3 rings (SSSR count). The highest BCUT2D eigenvalue weighted by molar-refractivity contribution is 6.29. The normalized spacial score (nSPS) is 18.3. The van der Waals surface area contributed by atoms with Crippen molar-refractivity contribution in [2.75, 3.05) is 6.54 Å². The molecule has 1 amide bonds. The first kappa shape index (κ1) is 24.7. The number of rotatable bonds is 6. The van der Waals surface area contributed by atoms with Crippen LogP contribution in [0.25, 0.3) is 0 Å². The molecule has 1 heterocycles. The smallest absolute Gasteiger partial charge is 0.306 e. The van der Waals surface area contributed by atoms with E-state index in [0.29, 0.717) is 37.8 Å². The number of aliphatic hydroxyl groups is 1. The standard InChI is InChI=1S/C24H27ClFN3O4/c1-24(2,33)11-10-19-20(21(30)27-13-15-6-8-17(9-7-15)22(31)32)29(23(25)28-19)14-16-4-3-5-18(26)12-16/h3-5,12,15,17,33H,6-9,13-14H2,1-2H3,(H,27,30)(H,31,32)/t15-,17-. The summed E-state index contributed by atoms with van der Waals surface area (Å²) < 4.78 is 15.1. The molecule has 9 heteroatoms. The summed E-state index contributed by atoms with van der Waals surface area (Å²) in [6.45, 7) is 3.52. The molecule has 0 saturated heterocycles. The number of carbonyl (C=O) groups excluding carboxylic acids is 1. The molecule has 1 aromatic carbocycles. The zero-order chi connectivity index (χ0) is 24.2. The van der Waals surface area contributed by atoms with Crippen LogP contribution in [0.2, 0.25) is 5.28 Å². The van der Waals surface area contributed by atoms with Crippen LogP contribution < -0.4 is 5.32 Å². The minimum absolute atomic E-state index is 0.0198. The fourth-order valence-electron chi connectivity index (χ4n) is 3.85. The Hall–Kier alpha value is -2.89. The molecule has 2 aromatic rings. The number of nitrogens with zero attached hydrogens (tertiary/aromatic N) is 2. The number of aliphatic carboxylic acids is 1. The SMILES string of the molecule is CC(C)(O)C#Cc1nc(Cl)n(Cc2cccc(F)c2)c1C(=O)NC[C@H]1CC[C@H](C(=O)O)CC1. The van der Waals surface area contributed by atoms with Crippen molar-refractivity contribution in [1.82, 2.24) is 14.9 Å². The minimum Gasteiger partial charge on any atom is -0.481 e.